The van der Waals surface area contributed by atoms with Crippen LogP contribution in [0.1, 0.15) is 31.7 Å². The molecule has 1 aromatic carbocycles. The monoisotopic (exact) mass is 364 g/mol. The molecule has 1 atom stereocenters. The molecule has 0 bridgehead atoms. The zero-order valence-corrected chi connectivity index (χ0v) is 16.5. The number of aryl methyl sites for hydroxylation is 1. The SMILES string of the molecule is COc1ccc(CCC(=O)NCC(C)CN2CCCC2)c(OC)c1OC. The summed E-state index contributed by atoms with van der Waals surface area (Å²) in [5.41, 5.74) is 0.936. The highest BCUT2D eigenvalue weighted by molar-refractivity contribution is 5.76. The highest BCUT2D eigenvalue weighted by Crippen LogP contribution is 2.40. The van der Waals surface area contributed by atoms with Gasteiger partial charge < -0.3 is 24.4 Å². The molecule has 0 aliphatic carbocycles. The summed E-state index contributed by atoms with van der Waals surface area (Å²) in [4.78, 5) is 14.7. The van der Waals surface area contributed by atoms with E-state index in [1.165, 1.54) is 25.9 Å². The second kappa shape index (κ2) is 10.3. The van der Waals surface area contributed by atoms with Crippen LogP contribution in [-0.2, 0) is 11.2 Å². The molecular weight excluding hydrogens is 332 g/mol. The summed E-state index contributed by atoms with van der Waals surface area (Å²) in [6.45, 7) is 6.35. The van der Waals surface area contributed by atoms with Crippen LogP contribution in [0.25, 0.3) is 0 Å². The Kier molecular flexibility index (Phi) is 8.04. The lowest BCUT2D eigenvalue weighted by atomic mass is 10.1. The van der Waals surface area contributed by atoms with Crippen molar-refractivity contribution in [3.05, 3.63) is 17.7 Å². The predicted molar refractivity (Wildman–Crippen MR) is 102 cm³/mol. The number of benzene rings is 1. The minimum atomic E-state index is 0.0649. The number of carbonyl (C=O) groups is 1. The number of likely N-dealkylation sites (tertiary alicyclic amines) is 1. The molecule has 1 aliphatic rings. The fourth-order valence-corrected chi connectivity index (χ4v) is 3.46. The zero-order chi connectivity index (χ0) is 18.9. The van der Waals surface area contributed by atoms with Crippen LogP contribution < -0.4 is 19.5 Å². The molecule has 1 aliphatic heterocycles. The van der Waals surface area contributed by atoms with E-state index in [0.29, 0.717) is 36.0 Å². The molecule has 146 valence electrons. The normalized spacial score (nSPS) is 15.5. The Bertz CT molecular complexity index is 585. The molecule has 1 N–H and O–H groups in total. The Hall–Kier alpha value is -1.95. The van der Waals surface area contributed by atoms with Gasteiger partial charge in [0.1, 0.15) is 0 Å². The number of nitrogens with zero attached hydrogens (tertiary/aromatic N) is 1. The lowest BCUT2D eigenvalue weighted by Gasteiger charge is -2.20. The average molecular weight is 364 g/mol. The van der Waals surface area contributed by atoms with E-state index in [9.17, 15) is 4.79 Å². The molecule has 6 nitrogen and oxygen atoms in total. The number of methoxy groups -OCH3 is 3. The summed E-state index contributed by atoms with van der Waals surface area (Å²) < 4.78 is 16.2. The van der Waals surface area contributed by atoms with Crippen LogP contribution in [-0.4, -0.2) is 58.3 Å². The van der Waals surface area contributed by atoms with Gasteiger partial charge in [-0.3, -0.25) is 4.79 Å². The Morgan fingerprint density at radius 3 is 2.42 bits per heavy atom. The summed E-state index contributed by atoms with van der Waals surface area (Å²) in [6, 6.07) is 3.76. The van der Waals surface area contributed by atoms with Gasteiger partial charge >= 0.3 is 0 Å². The first-order valence-electron chi connectivity index (χ1n) is 9.36. The van der Waals surface area contributed by atoms with Crippen molar-refractivity contribution in [2.45, 2.75) is 32.6 Å². The van der Waals surface area contributed by atoms with Crippen molar-refractivity contribution in [1.29, 1.82) is 0 Å². The van der Waals surface area contributed by atoms with Gasteiger partial charge in [-0.05, 0) is 49.9 Å². The zero-order valence-electron chi connectivity index (χ0n) is 16.5. The molecule has 1 unspecified atom stereocenters. The Labute approximate surface area is 156 Å². The highest BCUT2D eigenvalue weighted by Gasteiger charge is 2.17. The van der Waals surface area contributed by atoms with Crippen LogP contribution in [0.4, 0.5) is 0 Å². The molecule has 1 aromatic rings. The molecule has 26 heavy (non-hydrogen) atoms. The Balaban J connectivity index is 1.83. The maximum absolute atomic E-state index is 12.2. The number of carbonyl (C=O) groups excluding carboxylic acids is 1. The molecule has 6 heteroatoms. The summed E-state index contributed by atoms with van der Waals surface area (Å²) in [7, 11) is 4.77. The summed E-state index contributed by atoms with van der Waals surface area (Å²) in [6.07, 6.45) is 3.61. The summed E-state index contributed by atoms with van der Waals surface area (Å²) in [5, 5.41) is 3.05. The highest BCUT2D eigenvalue weighted by atomic mass is 16.5. The first-order chi connectivity index (χ1) is 12.6. The van der Waals surface area contributed by atoms with Crippen LogP contribution >= 0.6 is 0 Å². The molecule has 1 amide bonds. The third kappa shape index (κ3) is 5.53. The average Bonchev–Trinajstić information content (AvgIpc) is 3.16. The van der Waals surface area contributed by atoms with Crippen LogP contribution in [0, 0.1) is 5.92 Å². The number of rotatable bonds is 10. The van der Waals surface area contributed by atoms with Gasteiger partial charge in [-0.2, -0.15) is 0 Å². The van der Waals surface area contributed by atoms with E-state index >= 15 is 0 Å². The molecule has 1 saturated heterocycles. The van der Waals surface area contributed by atoms with Gasteiger partial charge in [-0.15, -0.1) is 0 Å². The lowest BCUT2D eigenvalue weighted by Crippen LogP contribution is -2.34. The predicted octanol–water partition coefficient (Wildman–Crippen LogP) is 2.49. The second-order valence-electron chi connectivity index (χ2n) is 6.91. The van der Waals surface area contributed by atoms with Gasteiger partial charge in [0.05, 0.1) is 21.3 Å². The molecule has 0 radical (unpaired) electrons. The maximum atomic E-state index is 12.2. The largest absolute Gasteiger partial charge is 0.493 e. The summed E-state index contributed by atoms with van der Waals surface area (Å²) >= 11 is 0. The number of hydrogen-bond acceptors (Lipinski definition) is 5. The van der Waals surface area contributed by atoms with E-state index in [1.807, 2.05) is 12.1 Å². The Morgan fingerprint density at radius 2 is 1.81 bits per heavy atom. The third-order valence-corrected chi connectivity index (χ3v) is 4.82. The van der Waals surface area contributed by atoms with Gasteiger partial charge in [-0.25, -0.2) is 0 Å². The van der Waals surface area contributed by atoms with E-state index in [4.69, 9.17) is 14.2 Å². The minimum absolute atomic E-state index is 0.0649. The fraction of sp³-hybridized carbons (Fsp3) is 0.650. The molecule has 1 heterocycles. The first-order valence-corrected chi connectivity index (χ1v) is 9.36. The van der Waals surface area contributed by atoms with E-state index in [0.717, 1.165) is 18.7 Å². The van der Waals surface area contributed by atoms with Gasteiger partial charge in [0.25, 0.3) is 0 Å². The smallest absolute Gasteiger partial charge is 0.220 e. The molecular formula is C20H32N2O4. The first kappa shape index (κ1) is 20.4. The fourth-order valence-electron chi connectivity index (χ4n) is 3.46. The quantitative estimate of drug-likeness (QED) is 0.691. The van der Waals surface area contributed by atoms with Crippen LogP contribution in [0.2, 0.25) is 0 Å². The number of nitrogens with one attached hydrogen (secondary N) is 1. The number of hydrogen-bond donors (Lipinski definition) is 1. The van der Waals surface area contributed by atoms with Crippen molar-refractivity contribution in [1.82, 2.24) is 10.2 Å². The topological polar surface area (TPSA) is 60.0 Å². The van der Waals surface area contributed by atoms with Crippen molar-refractivity contribution in [2.24, 2.45) is 5.92 Å². The van der Waals surface area contributed by atoms with Crippen LogP contribution in [0.5, 0.6) is 17.2 Å². The minimum Gasteiger partial charge on any atom is -0.493 e. The maximum Gasteiger partial charge on any atom is 0.220 e. The Morgan fingerprint density at radius 1 is 1.12 bits per heavy atom. The van der Waals surface area contributed by atoms with Gasteiger partial charge in [-0.1, -0.05) is 13.0 Å². The van der Waals surface area contributed by atoms with Crippen molar-refractivity contribution in [3.8, 4) is 17.2 Å². The van der Waals surface area contributed by atoms with Crippen LogP contribution in [0.15, 0.2) is 12.1 Å². The molecule has 1 fully saturated rings. The number of ether oxygens (including phenoxy) is 3. The van der Waals surface area contributed by atoms with Crippen LogP contribution in [0.3, 0.4) is 0 Å². The van der Waals surface area contributed by atoms with E-state index in [-0.39, 0.29) is 5.91 Å². The lowest BCUT2D eigenvalue weighted by molar-refractivity contribution is -0.121. The molecule has 0 saturated carbocycles. The van der Waals surface area contributed by atoms with Crippen molar-refractivity contribution in [3.63, 3.8) is 0 Å². The van der Waals surface area contributed by atoms with Gasteiger partial charge in [0.15, 0.2) is 11.5 Å². The molecule has 0 aromatic heterocycles. The number of amides is 1. The van der Waals surface area contributed by atoms with Gasteiger partial charge in [0, 0.05) is 19.5 Å². The van der Waals surface area contributed by atoms with Crippen molar-refractivity contribution >= 4 is 5.91 Å². The third-order valence-electron chi connectivity index (χ3n) is 4.82. The molecule has 2 rings (SSSR count). The van der Waals surface area contributed by atoms with E-state index in [2.05, 4.69) is 17.1 Å². The van der Waals surface area contributed by atoms with Crippen molar-refractivity contribution < 1.29 is 19.0 Å². The van der Waals surface area contributed by atoms with E-state index < -0.39 is 0 Å². The van der Waals surface area contributed by atoms with E-state index in [1.54, 1.807) is 21.3 Å². The second-order valence-corrected chi connectivity index (χ2v) is 6.91. The summed E-state index contributed by atoms with van der Waals surface area (Å²) in [5.74, 6) is 2.34. The van der Waals surface area contributed by atoms with Gasteiger partial charge in [0.2, 0.25) is 11.7 Å². The van der Waals surface area contributed by atoms with Crippen molar-refractivity contribution in [2.75, 3.05) is 47.5 Å². The standard InChI is InChI=1S/C20H32N2O4/c1-15(14-22-11-5-6-12-22)13-21-18(23)10-8-16-7-9-17(24-2)20(26-4)19(16)25-3/h7,9,15H,5-6,8,10-14H2,1-4H3,(H,21,23). The molecule has 0 spiro atoms.